The van der Waals surface area contributed by atoms with Crippen LogP contribution in [0.3, 0.4) is 0 Å². The van der Waals surface area contributed by atoms with Crippen LogP contribution in [0.15, 0.2) is 18.2 Å². The van der Waals surface area contributed by atoms with Crippen molar-refractivity contribution in [2.45, 2.75) is 38.1 Å². The van der Waals surface area contributed by atoms with Crippen molar-refractivity contribution in [3.05, 3.63) is 23.8 Å². The molecule has 3 fully saturated rings. The number of nitrogens with one attached hydrogen (secondary N) is 1. The van der Waals surface area contributed by atoms with Crippen LogP contribution < -0.4 is 0 Å². The van der Waals surface area contributed by atoms with E-state index >= 15 is 0 Å². The number of fused-ring (bicyclic) bond motifs is 2. The molecule has 0 unspecified atom stereocenters. The number of likely N-dealkylation sites (tertiary alicyclic amines) is 3. The van der Waals surface area contributed by atoms with E-state index in [1.807, 2.05) is 21.9 Å². The molecule has 0 bridgehead atoms. The fourth-order valence-electron chi connectivity index (χ4n) is 5.50. The Kier molecular flexibility index (Phi) is 4.53. The summed E-state index contributed by atoms with van der Waals surface area (Å²) in [6, 6.07) is 5.36. The van der Waals surface area contributed by atoms with Crippen LogP contribution in [0.4, 0.5) is 0 Å². The Hall–Kier alpha value is -2.48. The number of piperidine rings is 2. The molecule has 0 saturated carbocycles. The van der Waals surface area contributed by atoms with Crippen molar-refractivity contribution in [3.63, 3.8) is 0 Å². The van der Waals surface area contributed by atoms with E-state index in [-0.39, 0.29) is 17.9 Å². The lowest BCUT2D eigenvalue weighted by atomic mass is 9.67. The van der Waals surface area contributed by atoms with Gasteiger partial charge in [-0.05, 0) is 63.9 Å². The summed E-state index contributed by atoms with van der Waals surface area (Å²) >= 11 is 0. The summed E-state index contributed by atoms with van der Waals surface area (Å²) < 4.78 is 0. The van der Waals surface area contributed by atoms with Gasteiger partial charge in [0.25, 0.3) is 5.91 Å². The van der Waals surface area contributed by atoms with Crippen LogP contribution in [0.5, 0.6) is 0 Å². The zero-order chi connectivity index (χ0) is 20.0. The Balaban J connectivity index is 1.49. The van der Waals surface area contributed by atoms with Crippen LogP contribution in [-0.4, -0.2) is 87.7 Å². The number of hydrogen-bond acceptors (Lipinski definition) is 5. The third-order valence-electron chi connectivity index (χ3n) is 7.10. The molecular weight excluding hydrogens is 368 g/mol. The van der Waals surface area contributed by atoms with Crippen LogP contribution >= 0.6 is 0 Å². The number of amides is 2. The topological polar surface area (TPSA) is 85.4 Å². The van der Waals surface area contributed by atoms with Crippen LogP contribution in [-0.2, 0) is 4.79 Å². The van der Waals surface area contributed by atoms with E-state index in [2.05, 4.69) is 27.4 Å². The van der Waals surface area contributed by atoms with Gasteiger partial charge in [-0.2, -0.15) is 15.4 Å². The molecule has 2 aromatic rings. The number of nitrogens with zero attached hydrogens (tertiary/aromatic N) is 5. The molecule has 2 atom stereocenters. The molecule has 3 saturated heterocycles. The zero-order valence-electron chi connectivity index (χ0n) is 16.9. The van der Waals surface area contributed by atoms with E-state index in [4.69, 9.17) is 0 Å². The second-order valence-corrected chi connectivity index (χ2v) is 8.81. The van der Waals surface area contributed by atoms with E-state index < -0.39 is 5.41 Å². The first-order chi connectivity index (χ1) is 14.1. The Bertz CT molecular complexity index is 936. The number of hydrogen-bond donors (Lipinski definition) is 1. The summed E-state index contributed by atoms with van der Waals surface area (Å²) in [5.74, 6) is 0.269. The van der Waals surface area contributed by atoms with Crippen LogP contribution in [0.25, 0.3) is 11.0 Å². The SMILES string of the molecule is CN1CC[C@]2(C(=O)N3CCCC3)CCCN(C(=O)c3ccc4n[nH]nc4c3)[C@H]2C1. The van der Waals surface area contributed by atoms with Crippen LogP contribution in [0, 0.1) is 5.41 Å². The van der Waals surface area contributed by atoms with Crippen molar-refractivity contribution in [1.29, 1.82) is 0 Å². The number of aromatic nitrogens is 3. The smallest absolute Gasteiger partial charge is 0.254 e. The second kappa shape index (κ2) is 7.09. The highest BCUT2D eigenvalue weighted by molar-refractivity contribution is 5.98. The third kappa shape index (κ3) is 3.01. The highest BCUT2D eigenvalue weighted by Gasteiger charge is 2.54. The van der Waals surface area contributed by atoms with E-state index in [0.29, 0.717) is 17.6 Å². The first-order valence-corrected chi connectivity index (χ1v) is 10.7. The predicted octanol–water partition coefficient (Wildman–Crippen LogP) is 1.51. The fraction of sp³-hybridized carbons (Fsp3) is 0.619. The Morgan fingerprint density at radius 1 is 1.03 bits per heavy atom. The van der Waals surface area contributed by atoms with Gasteiger partial charge in [0.1, 0.15) is 11.0 Å². The minimum absolute atomic E-state index is 0.00602. The number of aromatic amines is 1. The van der Waals surface area contributed by atoms with Crippen molar-refractivity contribution in [3.8, 4) is 0 Å². The van der Waals surface area contributed by atoms with Gasteiger partial charge in [-0.25, -0.2) is 0 Å². The molecular formula is C21H28N6O2. The fourth-order valence-corrected chi connectivity index (χ4v) is 5.50. The van der Waals surface area contributed by atoms with Crippen molar-refractivity contribution in [2.75, 3.05) is 39.8 Å². The zero-order valence-corrected chi connectivity index (χ0v) is 16.9. The van der Waals surface area contributed by atoms with Gasteiger partial charge in [-0.15, -0.1) is 0 Å². The van der Waals surface area contributed by atoms with Crippen molar-refractivity contribution in [1.82, 2.24) is 30.1 Å². The minimum Gasteiger partial charge on any atom is -0.342 e. The van der Waals surface area contributed by atoms with Gasteiger partial charge < -0.3 is 14.7 Å². The number of benzene rings is 1. The Morgan fingerprint density at radius 3 is 2.66 bits per heavy atom. The number of carbonyl (C=O) groups is 2. The predicted molar refractivity (Wildman–Crippen MR) is 108 cm³/mol. The van der Waals surface area contributed by atoms with Gasteiger partial charge >= 0.3 is 0 Å². The molecule has 0 spiro atoms. The second-order valence-electron chi connectivity index (χ2n) is 8.81. The van der Waals surface area contributed by atoms with E-state index in [1.54, 1.807) is 6.07 Å². The molecule has 154 valence electrons. The highest BCUT2D eigenvalue weighted by Crippen LogP contribution is 2.44. The molecule has 2 amide bonds. The normalized spacial score (nSPS) is 28.0. The first kappa shape index (κ1) is 18.5. The Morgan fingerprint density at radius 2 is 1.83 bits per heavy atom. The quantitative estimate of drug-likeness (QED) is 0.832. The summed E-state index contributed by atoms with van der Waals surface area (Å²) in [4.78, 5) is 33.5. The van der Waals surface area contributed by atoms with Gasteiger partial charge in [0.15, 0.2) is 0 Å². The maximum Gasteiger partial charge on any atom is 0.254 e. The summed E-state index contributed by atoms with van der Waals surface area (Å²) in [5, 5.41) is 10.8. The summed E-state index contributed by atoms with van der Waals surface area (Å²) in [7, 11) is 2.09. The monoisotopic (exact) mass is 396 g/mol. The molecule has 8 heteroatoms. The van der Waals surface area contributed by atoms with Gasteiger partial charge in [-0.3, -0.25) is 9.59 Å². The molecule has 3 aliphatic rings. The highest BCUT2D eigenvalue weighted by atomic mass is 16.2. The summed E-state index contributed by atoms with van der Waals surface area (Å²) in [5.41, 5.74) is 1.61. The molecule has 1 aromatic carbocycles. The number of carbonyl (C=O) groups excluding carboxylic acids is 2. The molecule has 0 aliphatic carbocycles. The average Bonchev–Trinajstić information content (AvgIpc) is 3.43. The van der Waals surface area contributed by atoms with Gasteiger partial charge in [-0.1, -0.05) is 0 Å². The first-order valence-electron chi connectivity index (χ1n) is 10.7. The maximum absolute atomic E-state index is 13.7. The number of likely N-dealkylation sites (N-methyl/N-ethyl adjacent to an activating group) is 1. The molecule has 5 rings (SSSR count). The van der Waals surface area contributed by atoms with Gasteiger partial charge in [0.05, 0.1) is 11.5 Å². The lowest BCUT2D eigenvalue weighted by Gasteiger charge is -2.54. The molecule has 1 aromatic heterocycles. The third-order valence-corrected chi connectivity index (χ3v) is 7.10. The standard InChI is InChI=1S/C21H28N6O2/c1-25-12-8-21(20(29)26-9-2-3-10-26)7-4-11-27(18(21)14-25)19(28)15-5-6-16-17(13-15)23-24-22-16/h5-6,13,18H,2-4,7-12,14H2,1H3,(H,22,23,24)/t18-,21+/m0/s1. The van der Waals surface area contributed by atoms with Crippen molar-refractivity contribution < 1.29 is 9.59 Å². The maximum atomic E-state index is 13.7. The van der Waals surface area contributed by atoms with Crippen LogP contribution in [0.1, 0.15) is 42.5 Å². The summed E-state index contributed by atoms with van der Waals surface area (Å²) in [6.07, 6.45) is 4.76. The minimum atomic E-state index is -0.442. The number of rotatable bonds is 2. The number of H-pyrrole nitrogens is 1. The van der Waals surface area contributed by atoms with Gasteiger partial charge in [0.2, 0.25) is 5.91 Å². The lowest BCUT2D eigenvalue weighted by molar-refractivity contribution is -0.152. The molecule has 8 nitrogen and oxygen atoms in total. The van der Waals surface area contributed by atoms with Crippen LogP contribution in [0.2, 0.25) is 0 Å². The molecule has 3 aliphatic heterocycles. The summed E-state index contributed by atoms with van der Waals surface area (Å²) in [6.45, 7) is 4.07. The van der Waals surface area contributed by atoms with Crippen molar-refractivity contribution >= 4 is 22.8 Å². The molecule has 1 N–H and O–H groups in total. The van der Waals surface area contributed by atoms with E-state index in [1.165, 1.54) is 0 Å². The van der Waals surface area contributed by atoms with E-state index in [0.717, 1.165) is 63.8 Å². The molecule has 29 heavy (non-hydrogen) atoms. The van der Waals surface area contributed by atoms with E-state index in [9.17, 15) is 9.59 Å². The average molecular weight is 396 g/mol. The molecule has 4 heterocycles. The van der Waals surface area contributed by atoms with Gasteiger partial charge in [0, 0.05) is 31.7 Å². The largest absolute Gasteiger partial charge is 0.342 e. The Labute approximate surface area is 170 Å². The molecule has 0 radical (unpaired) electrons. The van der Waals surface area contributed by atoms with Crippen molar-refractivity contribution in [2.24, 2.45) is 5.41 Å². The lowest BCUT2D eigenvalue weighted by Crippen LogP contribution is -2.66.